The topological polar surface area (TPSA) is 72.5 Å². The van der Waals surface area contributed by atoms with E-state index in [9.17, 15) is 13.2 Å². The van der Waals surface area contributed by atoms with Gasteiger partial charge in [0.25, 0.3) is 0 Å². The molecule has 1 unspecified atom stereocenters. The van der Waals surface area contributed by atoms with Gasteiger partial charge >= 0.3 is 0 Å². The molecule has 1 amide bonds. The number of nitrogens with one attached hydrogen (secondary N) is 1. The predicted octanol–water partition coefficient (Wildman–Crippen LogP) is 1.77. The number of ether oxygens (including phenoxy) is 1. The molecule has 1 N–H and O–H groups in total. The van der Waals surface area contributed by atoms with E-state index >= 15 is 0 Å². The first kappa shape index (κ1) is 14.4. The average Bonchev–Trinajstić information content (AvgIpc) is 2.67. The van der Waals surface area contributed by atoms with Crippen LogP contribution in [-0.4, -0.2) is 32.4 Å². The van der Waals surface area contributed by atoms with Crippen molar-refractivity contribution in [2.75, 3.05) is 23.4 Å². The van der Waals surface area contributed by atoms with E-state index in [0.717, 1.165) is 29.8 Å². The van der Waals surface area contributed by atoms with Gasteiger partial charge in [-0.05, 0) is 43.0 Å². The highest BCUT2D eigenvalue weighted by molar-refractivity contribution is 7.91. The van der Waals surface area contributed by atoms with Crippen LogP contribution >= 0.6 is 0 Å². The molecule has 0 saturated carbocycles. The van der Waals surface area contributed by atoms with Crippen LogP contribution in [-0.2, 0) is 21.1 Å². The lowest BCUT2D eigenvalue weighted by molar-refractivity contribution is -0.116. The van der Waals surface area contributed by atoms with Crippen molar-refractivity contribution >= 4 is 21.4 Å². The first-order valence-electron chi connectivity index (χ1n) is 7.28. The van der Waals surface area contributed by atoms with Gasteiger partial charge in [-0.25, -0.2) is 8.42 Å². The van der Waals surface area contributed by atoms with Crippen LogP contribution in [0.3, 0.4) is 0 Å². The highest BCUT2D eigenvalue weighted by atomic mass is 32.2. The molecule has 114 valence electrons. The lowest BCUT2D eigenvalue weighted by Gasteiger charge is -2.13. The summed E-state index contributed by atoms with van der Waals surface area (Å²) in [5, 5.41) is 2.88. The Hall–Kier alpha value is -1.56. The number of hydrogen-bond donors (Lipinski definition) is 1. The second kappa shape index (κ2) is 5.67. The maximum absolute atomic E-state index is 11.5. The molecule has 0 aliphatic carbocycles. The summed E-state index contributed by atoms with van der Waals surface area (Å²) in [4.78, 5) is 11.5. The summed E-state index contributed by atoms with van der Waals surface area (Å²) in [7, 11) is -2.85. The first-order chi connectivity index (χ1) is 10.0. The third kappa shape index (κ3) is 3.56. The number of sulfone groups is 1. The van der Waals surface area contributed by atoms with E-state index in [2.05, 4.69) is 5.32 Å². The van der Waals surface area contributed by atoms with Crippen LogP contribution in [0.5, 0.6) is 5.75 Å². The summed E-state index contributed by atoms with van der Waals surface area (Å²) in [5.41, 5.74) is 1.94. The molecule has 2 aliphatic heterocycles. The number of fused-ring (bicyclic) bond motifs is 1. The molecule has 1 fully saturated rings. The van der Waals surface area contributed by atoms with Crippen LogP contribution in [0.4, 0.5) is 5.69 Å². The molecule has 1 aromatic carbocycles. The summed E-state index contributed by atoms with van der Waals surface area (Å²) < 4.78 is 28.6. The summed E-state index contributed by atoms with van der Waals surface area (Å²) in [6.45, 7) is 0.435. The van der Waals surface area contributed by atoms with Gasteiger partial charge < -0.3 is 10.1 Å². The molecule has 2 aliphatic rings. The quantitative estimate of drug-likeness (QED) is 0.923. The molecule has 0 bridgehead atoms. The highest BCUT2D eigenvalue weighted by Gasteiger charge is 2.28. The fraction of sp³-hybridized carbons (Fsp3) is 0.533. The van der Waals surface area contributed by atoms with Gasteiger partial charge in [-0.3, -0.25) is 4.79 Å². The Bertz CT molecular complexity index is 654. The van der Waals surface area contributed by atoms with Crippen LogP contribution < -0.4 is 10.1 Å². The number of carbonyl (C=O) groups excluding carboxylic acids is 1. The Labute approximate surface area is 124 Å². The van der Waals surface area contributed by atoms with Crippen LogP contribution in [0.2, 0.25) is 0 Å². The van der Waals surface area contributed by atoms with Crippen LogP contribution in [0, 0.1) is 5.92 Å². The molecule has 1 aromatic rings. The molecule has 3 rings (SSSR count). The van der Waals surface area contributed by atoms with Crippen LogP contribution in [0.25, 0.3) is 0 Å². The summed E-state index contributed by atoms with van der Waals surface area (Å²) in [5.74, 6) is 1.40. The van der Waals surface area contributed by atoms with E-state index in [1.54, 1.807) is 0 Å². The van der Waals surface area contributed by atoms with Gasteiger partial charge in [0.1, 0.15) is 5.75 Å². The van der Waals surface area contributed by atoms with E-state index < -0.39 is 9.84 Å². The van der Waals surface area contributed by atoms with Crippen molar-refractivity contribution in [1.29, 1.82) is 0 Å². The Balaban J connectivity index is 1.64. The molecule has 2 heterocycles. The zero-order valence-electron chi connectivity index (χ0n) is 11.8. The molecule has 5 nitrogen and oxygen atoms in total. The van der Waals surface area contributed by atoms with E-state index in [-0.39, 0.29) is 23.3 Å². The fourth-order valence-corrected chi connectivity index (χ4v) is 4.70. The van der Waals surface area contributed by atoms with Crippen molar-refractivity contribution in [2.45, 2.75) is 25.7 Å². The second-order valence-electron chi connectivity index (χ2n) is 5.80. The largest absolute Gasteiger partial charge is 0.493 e. The summed E-state index contributed by atoms with van der Waals surface area (Å²) >= 11 is 0. The van der Waals surface area contributed by atoms with Gasteiger partial charge in [-0.1, -0.05) is 0 Å². The van der Waals surface area contributed by atoms with Gasteiger partial charge in [0.15, 0.2) is 9.84 Å². The number of anilines is 1. The van der Waals surface area contributed by atoms with E-state index in [1.807, 2.05) is 18.2 Å². The van der Waals surface area contributed by atoms with Crippen molar-refractivity contribution in [3.8, 4) is 5.75 Å². The monoisotopic (exact) mass is 309 g/mol. The zero-order chi connectivity index (χ0) is 14.9. The number of hydrogen-bond acceptors (Lipinski definition) is 4. The normalized spacial score (nSPS) is 24.0. The summed E-state index contributed by atoms with van der Waals surface area (Å²) in [6.07, 6.45) is 2.92. The summed E-state index contributed by atoms with van der Waals surface area (Å²) in [6, 6.07) is 5.64. The molecule has 1 atom stereocenters. The lowest BCUT2D eigenvalue weighted by Crippen LogP contribution is -2.14. The van der Waals surface area contributed by atoms with Crippen molar-refractivity contribution in [3.05, 3.63) is 23.8 Å². The molecule has 21 heavy (non-hydrogen) atoms. The second-order valence-corrected chi connectivity index (χ2v) is 8.03. The Morgan fingerprint density at radius 2 is 2.14 bits per heavy atom. The third-order valence-corrected chi connectivity index (χ3v) is 5.85. The minimum Gasteiger partial charge on any atom is -0.493 e. The number of benzene rings is 1. The molecule has 0 aromatic heterocycles. The first-order valence-corrected chi connectivity index (χ1v) is 9.10. The van der Waals surface area contributed by atoms with Gasteiger partial charge in [0, 0.05) is 18.0 Å². The van der Waals surface area contributed by atoms with E-state index in [0.29, 0.717) is 19.4 Å². The maximum atomic E-state index is 11.5. The SMILES string of the molecule is O=C1CCCc2cc(OCC3CCS(=O)(=O)C3)ccc2N1. The fourth-order valence-electron chi connectivity index (χ4n) is 2.86. The Kier molecular flexibility index (Phi) is 3.89. The van der Waals surface area contributed by atoms with Crippen LogP contribution in [0.1, 0.15) is 24.8 Å². The van der Waals surface area contributed by atoms with Crippen molar-refractivity contribution in [2.24, 2.45) is 5.92 Å². The molecule has 6 heteroatoms. The van der Waals surface area contributed by atoms with Gasteiger partial charge in [0.05, 0.1) is 18.1 Å². The highest BCUT2D eigenvalue weighted by Crippen LogP contribution is 2.27. The molecule has 1 saturated heterocycles. The molecular weight excluding hydrogens is 290 g/mol. The van der Waals surface area contributed by atoms with E-state index in [4.69, 9.17) is 4.74 Å². The maximum Gasteiger partial charge on any atom is 0.224 e. The van der Waals surface area contributed by atoms with E-state index in [1.165, 1.54) is 0 Å². The molecule has 0 spiro atoms. The smallest absolute Gasteiger partial charge is 0.224 e. The zero-order valence-corrected chi connectivity index (χ0v) is 12.6. The number of carbonyl (C=O) groups is 1. The standard InChI is InChI=1S/C15H19NO4S/c17-15-3-1-2-12-8-13(4-5-14(12)16-15)20-9-11-6-7-21(18,19)10-11/h4-5,8,11H,1-3,6-7,9-10H2,(H,16,17). The average molecular weight is 309 g/mol. The minimum atomic E-state index is -2.85. The van der Waals surface area contributed by atoms with Crippen molar-refractivity contribution < 1.29 is 17.9 Å². The van der Waals surface area contributed by atoms with Gasteiger partial charge in [-0.15, -0.1) is 0 Å². The van der Waals surface area contributed by atoms with Crippen molar-refractivity contribution in [3.63, 3.8) is 0 Å². The lowest BCUT2D eigenvalue weighted by atomic mass is 10.1. The molecular formula is C15H19NO4S. The Morgan fingerprint density at radius 1 is 1.29 bits per heavy atom. The van der Waals surface area contributed by atoms with Crippen molar-refractivity contribution in [1.82, 2.24) is 0 Å². The molecule has 0 radical (unpaired) electrons. The minimum absolute atomic E-state index is 0.0542. The Morgan fingerprint density at radius 3 is 2.90 bits per heavy atom. The third-order valence-electron chi connectivity index (χ3n) is 4.01. The number of aryl methyl sites for hydroxylation is 1. The number of rotatable bonds is 3. The van der Waals surface area contributed by atoms with Gasteiger partial charge in [-0.2, -0.15) is 0 Å². The predicted molar refractivity (Wildman–Crippen MR) is 80.3 cm³/mol. The van der Waals surface area contributed by atoms with Gasteiger partial charge in [0.2, 0.25) is 5.91 Å². The number of amides is 1. The van der Waals surface area contributed by atoms with Crippen LogP contribution in [0.15, 0.2) is 18.2 Å².